The Hall–Kier alpha value is -2.15. The van der Waals surface area contributed by atoms with Crippen molar-refractivity contribution >= 4 is 17.5 Å². The molecule has 2 aliphatic heterocycles. The van der Waals surface area contributed by atoms with Gasteiger partial charge in [-0.15, -0.1) is 0 Å². The van der Waals surface area contributed by atoms with E-state index in [-0.39, 0.29) is 30.7 Å². The first-order valence-corrected chi connectivity index (χ1v) is 8.90. The lowest BCUT2D eigenvalue weighted by molar-refractivity contribution is -0.132. The Morgan fingerprint density at radius 3 is 2.36 bits per heavy atom. The number of para-hydroxylation sites is 1. The van der Waals surface area contributed by atoms with Crippen LogP contribution in [0.3, 0.4) is 0 Å². The SMILES string of the molecule is O=C(CN1CCN(c2ccccc2F)CC1)NCC(=O)N1CCCC1. The van der Waals surface area contributed by atoms with E-state index in [2.05, 4.69) is 5.32 Å². The van der Waals surface area contributed by atoms with Crippen LogP contribution in [-0.2, 0) is 9.59 Å². The summed E-state index contributed by atoms with van der Waals surface area (Å²) in [6.45, 7) is 4.71. The van der Waals surface area contributed by atoms with E-state index in [0.717, 1.165) is 25.9 Å². The second kappa shape index (κ2) is 8.29. The van der Waals surface area contributed by atoms with Gasteiger partial charge in [0.1, 0.15) is 5.82 Å². The number of hydrogen-bond acceptors (Lipinski definition) is 4. The topological polar surface area (TPSA) is 55.9 Å². The molecule has 136 valence electrons. The molecule has 0 aliphatic carbocycles. The van der Waals surface area contributed by atoms with Crippen LogP contribution in [0, 0.1) is 5.82 Å². The molecule has 2 saturated heterocycles. The van der Waals surface area contributed by atoms with Gasteiger partial charge < -0.3 is 15.1 Å². The van der Waals surface area contributed by atoms with Crippen molar-refractivity contribution in [2.24, 2.45) is 0 Å². The Balaban J connectivity index is 1.39. The van der Waals surface area contributed by atoms with E-state index >= 15 is 0 Å². The number of nitrogens with one attached hydrogen (secondary N) is 1. The monoisotopic (exact) mass is 348 g/mol. The van der Waals surface area contributed by atoms with E-state index in [4.69, 9.17) is 0 Å². The number of benzene rings is 1. The summed E-state index contributed by atoms with van der Waals surface area (Å²) in [7, 11) is 0. The predicted molar refractivity (Wildman–Crippen MR) is 93.9 cm³/mol. The summed E-state index contributed by atoms with van der Waals surface area (Å²) >= 11 is 0. The fraction of sp³-hybridized carbons (Fsp3) is 0.556. The molecule has 0 radical (unpaired) electrons. The molecule has 1 N–H and O–H groups in total. The molecular weight excluding hydrogens is 323 g/mol. The Kier molecular flexibility index (Phi) is 5.86. The lowest BCUT2D eigenvalue weighted by atomic mass is 10.2. The zero-order chi connectivity index (χ0) is 17.6. The Labute approximate surface area is 147 Å². The number of halogens is 1. The van der Waals surface area contributed by atoms with Gasteiger partial charge in [0.2, 0.25) is 11.8 Å². The van der Waals surface area contributed by atoms with Gasteiger partial charge in [0.25, 0.3) is 0 Å². The summed E-state index contributed by atoms with van der Waals surface area (Å²) in [4.78, 5) is 29.8. The Bertz CT molecular complexity index is 611. The number of amides is 2. The third kappa shape index (κ3) is 4.69. The molecule has 6 nitrogen and oxygen atoms in total. The van der Waals surface area contributed by atoms with E-state index < -0.39 is 0 Å². The summed E-state index contributed by atoms with van der Waals surface area (Å²) in [6, 6.07) is 6.76. The maximum atomic E-state index is 13.8. The van der Waals surface area contributed by atoms with E-state index in [1.54, 1.807) is 17.0 Å². The highest BCUT2D eigenvalue weighted by Crippen LogP contribution is 2.19. The molecule has 2 amide bonds. The second-order valence-electron chi connectivity index (χ2n) is 6.58. The number of nitrogens with zero attached hydrogens (tertiary/aromatic N) is 3. The van der Waals surface area contributed by atoms with E-state index in [9.17, 15) is 14.0 Å². The van der Waals surface area contributed by atoms with Crippen LogP contribution in [0.1, 0.15) is 12.8 Å². The van der Waals surface area contributed by atoms with Crippen molar-refractivity contribution in [3.63, 3.8) is 0 Å². The molecular formula is C18H25FN4O2. The number of hydrogen-bond donors (Lipinski definition) is 1. The summed E-state index contributed by atoms with van der Waals surface area (Å²) in [5.74, 6) is -0.351. The first kappa shape index (κ1) is 17.7. The highest BCUT2D eigenvalue weighted by atomic mass is 19.1. The summed E-state index contributed by atoms with van der Waals surface area (Å²) in [5.41, 5.74) is 0.614. The minimum atomic E-state index is -0.214. The third-order valence-corrected chi connectivity index (χ3v) is 4.83. The van der Waals surface area contributed by atoms with Crippen LogP contribution < -0.4 is 10.2 Å². The molecule has 1 aromatic carbocycles. The van der Waals surface area contributed by atoms with Crippen LogP contribution in [0.2, 0.25) is 0 Å². The lowest BCUT2D eigenvalue weighted by Gasteiger charge is -2.35. The van der Waals surface area contributed by atoms with Crippen LogP contribution in [-0.4, -0.2) is 74.0 Å². The molecule has 0 bridgehead atoms. The number of anilines is 1. The van der Waals surface area contributed by atoms with Crippen molar-refractivity contribution in [3.8, 4) is 0 Å². The van der Waals surface area contributed by atoms with Gasteiger partial charge in [-0.2, -0.15) is 0 Å². The highest BCUT2D eigenvalue weighted by molar-refractivity contribution is 5.85. The van der Waals surface area contributed by atoms with Crippen molar-refractivity contribution in [1.29, 1.82) is 0 Å². The predicted octanol–water partition coefficient (Wildman–Crippen LogP) is 0.686. The Morgan fingerprint density at radius 1 is 1.00 bits per heavy atom. The van der Waals surface area contributed by atoms with Crippen molar-refractivity contribution in [2.75, 3.05) is 57.3 Å². The molecule has 0 unspecified atom stereocenters. The number of carbonyl (C=O) groups is 2. The lowest BCUT2D eigenvalue weighted by Crippen LogP contribution is -2.50. The van der Waals surface area contributed by atoms with Gasteiger partial charge in [-0.05, 0) is 25.0 Å². The van der Waals surface area contributed by atoms with Gasteiger partial charge in [0.15, 0.2) is 0 Å². The third-order valence-electron chi connectivity index (χ3n) is 4.83. The van der Waals surface area contributed by atoms with Crippen LogP contribution in [0.5, 0.6) is 0 Å². The van der Waals surface area contributed by atoms with Crippen molar-refractivity contribution < 1.29 is 14.0 Å². The van der Waals surface area contributed by atoms with Crippen LogP contribution in [0.25, 0.3) is 0 Å². The van der Waals surface area contributed by atoms with Gasteiger partial charge in [-0.3, -0.25) is 14.5 Å². The fourth-order valence-electron chi connectivity index (χ4n) is 3.37. The van der Waals surface area contributed by atoms with Gasteiger partial charge in [0.05, 0.1) is 18.8 Å². The van der Waals surface area contributed by atoms with Crippen molar-refractivity contribution in [2.45, 2.75) is 12.8 Å². The van der Waals surface area contributed by atoms with Gasteiger partial charge >= 0.3 is 0 Å². The van der Waals surface area contributed by atoms with Gasteiger partial charge in [0, 0.05) is 39.3 Å². The average Bonchev–Trinajstić information content (AvgIpc) is 3.16. The molecule has 7 heteroatoms. The minimum Gasteiger partial charge on any atom is -0.367 e. The molecule has 0 saturated carbocycles. The fourth-order valence-corrected chi connectivity index (χ4v) is 3.37. The highest BCUT2D eigenvalue weighted by Gasteiger charge is 2.22. The maximum Gasteiger partial charge on any atom is 0.241 e. The van der Waals surface area contributed by atoms with Crippen LogP contribution >= 0.6 is 0 Å². The molecule has 1 aromatic rings. The first-order valence-electron chi connectivity index (χ1n) is 8.90. The molecule has 0 atom stereocenters. The van der Waals surface area contributed by atoms with Gasteiger partial charge in [-0.1, -0.05) is 12.1 Å². The molecule has 0 spiro atoms. The number of piperazine rings is 1. The van der Waals surface area contributed by atoms with E-state index in [1.807, 2.05) is 15.9 Å². The minimum absolute atomic E-state index is 0.00442. The van der Waals surface area contributed by atoms with Crippen molar-refractivity contribution in [1.82, 2.24) is 15.1 Å². The number of rotatable bonds is 5. The zero-order valence-corrected chi connectivity index (χ0v) is 14.4. The smallest absolute Gasteiger partial charge is 0.241 e. The normalized spacial score (nSPS) is 18.4. The van der Waals surface area contributed by atoms with Crippen molar-refractivity contribution in [3.05, 3.63) is 30.1 Å². The quantitative estimate of drug-likeness (QED) is 0.851. The maximum absolute atomic E-state index is 13.8. The number of carbonyl (C=O) groups excluding carboxylic acids is 2. The first-order chi connectivity index (χ1) is 12.1. The summed E-state index contributed by atoms with van der Waals surface area (Å²) in [6.07, 6.45) is 2.10. The number of likely N-dealkylation sites (tertiary alicyclic amines) is 1. The average molecular weight is 348 g/mol. The standard InChI is InChI=1S/C18H25FN4O2/c19-15-5-1-2-6-16(15)22-11-9-21(10-12-22)14-17(24)20-13-18(25)23-7-3-4-8-23/h1-2,5-6H,3-4,7-14H2,(H,20,24). The molecule has 2 aliphatic rings. The zero-order valence-electron chi connectivity index (χ0n) is 14.4. The summed E-state index contributed by atoms with van der Waals surface area (Å²) in [5, 5.41) is 2.71. The molecule has 0 aromatic heterocycles. The molecule has 2 heterocycles. The second-order valence-corrected chi connectivity index (χ2v) is 6.58. The van der Waals surface area contributed by atoms with E-state index in [1.165, 1.54) is 6.07 Å². The molecule has 2 fully saturated rings. The molecule has 3 rings (SSSR count). The largest absolute Gasteiger partial charge is 0.367 e. The summed E-state index contributed by atoms with van der Waals surface area (Å²) < 4.78 is 13.8. The molecule has 25 heavy (non-hydrogen) atoms. The van der Waals surface area contributed by atoms with E-state index in [0.29, 0.717) is 31.9 Å². The van der Waals surface area contributed by atoms with Crippen LogP contribution in [0.4, 0.5) is 10.1 Å². The van der Waals surface area contributed by atoms with Gasteiger partial charge in [-0.25, -0.2) is 4.39 Å². The Morgan fingerprint density at radius 2 is 1.68 bits per heavy atom. The van der Waals surface area contributed by atoms with Crippen LogP contribution in [0.15, 0.2) is 24.3 Å².